The van der Waals surface area contributed by atoms with Crippen LogP contribution in [0.4, 0.5) is 0 Å². The first kappa shape index (κ1) is 19.0. The summed E-state index contributed by atoms with van der Waals surface area (Å²) in [6.45, 7) is 8.48. The Morgan fingerprint density at radius 2 is 2.00 bits per heavy atom. The maximum absolute atomic E-state index is 12.8. The molecule has 3 aliphatic rings. The van der Waals surface area contributed by atoms with Gasteiger partial charge in [-0.25, -0.2) is 4.98 Å². The second-order valence-corrected chi connectivity index (χ2v) is 9.33. The molecule has 1 aliphatic carbocycles. The van der Waals surface area contributed by atoms with E-state index in [0.29, 0.717) is 17.7 Å². The van der Waals surface area contributed by atoms with Gasteiger partial charge < -0.3 is 14.4 Å². The molecule has 4 rings (SSSR count). The lowest BCUT2D eigenvalue weighted by molar-refractivity contribution is -0.131. The lowest BCUT2D eigenvalue weighted by atomic mass is 9.78. The summed E-state index contributed by atoms with van der Waals surface area (Å²) in [4.78, 5) is 21.9. The Hall–Kier alpha value is -1.36. The van der Waals surface area contributed by atoms with Crippen LogP contribution in [0.2, 0.25) is 0 Å². The minimum Gasteiger partial charge on any atom is -0.342 e. The Balaban J connectivity index is 1.28. The number of hydrogen-bond donors (Lipinski definition) is 0. The summed E-state index contributed by atoms with van der Waals surface area (Å²) in [5.41, 5.74) is 0.369. The zero-order valence-corrected chi connectivity index (χ0v) is 17.0. The fraction of sp³-hybridized carbons (Fsp3) is 0.818. The number of aromatic nitrogens is 2. The van der Waals surface area contributed by atoms with Crippen molar-refractivity contribution in [1.29, 1.82) is 0 Å². The molecular weight excluding hydrogens is 336 g/mol. The van der Waals surface area contributed by atoms with Crippen LogP contribution in [0.3, 0.4) is 0 Å². The third-order valence-corrected chi connectivity index (χ3v) is 7.26. The predicted molar refractivity (Wildman–Crippen MR) is 107 cm³/mol. The molecule has 0 bridgehead atoms. The van der Waals surface area contributed by atoms with E-state index in [1.54, 1.807) is 0 Å². The minimum absolute atomic E-state index is 0.323. The molecule has 1 aromatic heterocycles. The molecular formula is C22H36N4O. The molecule has 2 saturated heterocycles. The minimum atomic E-state index is 0.323. The smallest absolute Gasteiger partial charge is 0.224 e. The van der Waals surface area contributed by atoms with Crippen molar-refractivity contribution < 1.29 is 4.79 Å². The van der Waals surface area contributed by atoms with E-state index < -0.39 is 0 Å². The van der Waals surface area contributed by atoms with E-state index in [1.165, 1.54) is 71.0 Å². The van der Waals surface area contributed by atoms with Crippen LogP contribution in [0.5, 0.6) is 0 Å². The number of aryl methyl sites for hydroxylation is 2. The van der Waals surface area contributed by atoms with E-state index in [9.17, 15) is 4.79 Å². The SMILES string of the molecule is Cc1nccn1CCC(=O)N1CCC2(CCCN(CC3CCCCC3)C2)C1. The van der Waals surface area contributed by atoms with Crippen molar-refractivity contribution in [3.05, 3.63) is 18.2 Å². The summed E-state index contributed by atoms with van der Waals surface area (Å²) < 4.78 is 2.08. The van der Waals surface area contributed by atoms with Crippen molar-refractivity contribution >= 4 is 5.91 Å². The molecule has 1 amide bonds. The molecule has 27 heavy (non-hydrogen) atoms. The fourth-order valence-corrected chi connectivity index (χ4v) is 5.70. The number of piperidine rings is 1. The van der Waals surface area contributed by atoms with Gasteiger partial charge in [-0.1, -0.05) is 19.3 Å². The highest BCUT2D eigenvalue weighted by Crippen LogP contribution is 2.40. The van der Waals surface area contributed by atoms with Crippen molar-refractivity contribution in [3.63, 3.8) is 0 Å². The van der Waals surface area contributed by atoms with Crippen LogP contribution in [-0.4, -0.2) is 58.0 Å². The van der Waals surface area contributed by atoms with E-state index in [2.05, 4.69) is 19.4 Å². The number of rotatable bonds is 5. The van der Waals surface area contributed by atoms with Gasteiger partial charge in [-0.15, -0.1) is 0 Å². The number of likely N-dealkylation sites (tertiary alicyclic amines) is 2. The maximum Gasteiger partial charge on any atom is 0.224 e. The third kappa shape index (κ3) is 4.56. The molecule has 3 heterocycles. The van der Waals surface area contributed by atoms with Crippen LogP contribution in [0, 0.1) is 18.3 Å². The molecule has 5 nitrogen and oxygen atoms in total. The molecule has 150 valence electrons. The highest BCUT2D eigenvalue weighted by molar-refractivity contribution is 5.76. The standard InChI is InChI=1S/C22H36N4O/c1-19-23-11-15-25(19)13-8-21(27)26-14-10-22(18-26)9-5-12-24(17-22)16-20-6-3-2-4-7-20/h11,15,20H,2-10,12-14,16-18H2,1H3. The Bertz CT molecular complexity index is 636. The summed E-state index contributed by atoms with van der Waals surface area (Å²) in [5, 5.41) is 0. The van der Waals surface area contributed by atoms with Crippen LogP contribution < -0.4 is 0 Å². The van der Waals surface area contributed by atoms with Gasteiger partial charge in [0.05, 0.1) is 0 Å². The van der Waals surface area contributed by atoms with Crippen LogP contribution >= 0.6 is 0 Å². The van der Waals surface area contributed by atoms with Gasteiger partial charge in [0.1, 0.15) is 5.82 Å². The molecule has 1 aromatic rings. The predicted octanol–water partition coefficient (Wildman–Crippen LogP) is 3.48. The second kappa shape index (κ2) is 8.34. The van der Waals surface area contributed by atoms with Gasteiger partial charge in [0.25, 0.3) is 0 Å². The van der Waals surface area contributed by atoms with Gasteiger partial charge in [-0.3, -0.25) is 4.79 Å². The van der Waals surface area contributed by atoms with Crippen molar-refractivity contribution in [3.8, 4) is 0 Å². The van der Waals surface area contributed by atoms with E-state index in [-0.39, 0.29) is 0 Å². The quantitative estimate of drug-likeness (QED) is 0.795. The molecule has 3 fully saturated rings. The molecule has 2 aliphatic heterocycles. The molecule has 0 N–H and O–H groups in total. The topological polar surface area (TPSA) is 41.4 Å². The Morgan fingerprint density at radius 1 is 1.15 bits per heavy atom. The first-order valence-electron chi connectivity index (χ1n) is 11.1. The summed E-state index contributed by atoms with van der Waals surface area (Å²) in [5.74, 6) is 2.24. The number of carbonyl (C=O) groups excluding carboxylic acids is 1. The molecule has 0 aromatic carbocycles. The molecule has 1 atom stereocenters. The number of nitrogens with zero attached hydrogens (tertiary/aromatic N) is 4. The summed E-state index contributed by atoms with van der Waals surface area (Å²) >= 11 is 0. The second-order valence-electron chi connectivity index (χ2n) is 9.33. The number of amides is 1. The van der Waals surface area contributed by atoms with Gasteiger partial charge in [0.15, 0.2) is 0 Å². The zero-order chi connectivity index (χ0) is 18.7. The van der Waals surface area contributed by atoms with Gasteiger partial charge in [0, 0.05) is 57.0 Å². The van der Waals surface area contributed by atoms with E-state index >= 15 is 0 Å². The van der Waals surface area contributed by atoms with Crippen LogP contribution in [0.15, 0.2) is 12.4 Å². The zero-order valence-electron chi connectivity index (χ0n) is 17.0. The van der Waals surface area contributed by atoms with Crippen LogP contribution in [0.25, 0.3) is 0 Å². The molecule has 5 heteroatoms. The Labute approximate surface area is 164 Å². The highest BCUT2D eigenvalue weighted by Gasteiger charge is 2.42. The largest absolute Gasteiger partial charge is 0.342 e. The van der Waals surface area contributed by atoms with Crippen molar-refractivity contribution in [2.75, 3.05) is 32.7 Å². The van der Waals surface area contributed by atoms with Crippen LogP contribution in [-0.2, 0) is 11.3 Å². The average molecular weight is 373 g/mol. The number of hydrogen-bond acceptors (Lipinski definition) is 3. The van der Waals surface area contributed by atoms with E-state index in [1.807, 2.05) is 19.3 Å². The fourth-order valence-electron chi connectivity index (χ4n) is 5.70. The summed E-state index contributed by atoms with van der Waals surface area (Å²) in [6, 6.07) is 0. The molecule has 0 radical (unpaired) electrons. The van der Waals surface area contributed by atoms with Gasteiger partial charge >= 0.3 is 0 Å². The molecule has 1 unspecified atom stereocenters. The summed E-state index contributed by atoms with van der Waals surface area (Å²) in [6.07, 6.45) is 15.4. The lowest BCUT2D eigenvalue weighted by Crippen LogP contribution is -2.47. The molecule has 1 spiro atoms. The normalized spacial score (nSPS) is 27.5. The van der Waals surface area contributed by atoms with Crippen molar-refractivity contribution in [1.82, 2.24) is 19.4 Å². The van der Waals surface area contributed by atoms with Gasteiger partial charge in [0.2, 0.25) is 5.91 Å². The molecule has 1 saturated carbocycles. The Kier molecular flexibility index (Phi) is 5.86. The van der Waals surface area contributed by atoms with Crippen molar-refractivity contribution in [2.24, 2.45) is 11.3 Å². The van der Waals surface area contributed by atoms with Gasteiger partial charge in [-0.05, 0) is 51.5 Å². The monoisotopic (exact) mass is 372 g/mol. The number of carbonyl (C=O) groups is 1. The Morgan fingerprint density at radius 3 is 2.78 bits per heavy atom. The number of imidazole rings is 1. The average Bonchev–Trinajstić information content (AvgIpc) is 3.27. The van der Waals surface area contributed by atoms with Gasteiger partial charge in [-0.2, -0.15) is 0 Å². The summed E-state index contributed by atoms with van der Waals surface area (Å²) in [7, 11) is 0. The van der Waals surface area contributed by atoms with Crippen molar-refractivity contribution in [2.45, 2.75) is 71.3 Å². The van der Waals surface area contributed by atoms with E-state index in [4.69, 9.17) is 0 Å². The van der Waals surface area contributed by atoms with E-state index in [0.717, 1.165) is 31.4 Å². The highest BCUT2D eigenvalue weighted by atomic mass is 16.2. The first-order chi connectivity index (χ1) is 13.1. The maximum atomic E-state index is 12.8. The first-order valence-corrected chi connectivity index (χ1v) is 11.1. The van der Waals surface area contributed by atoms with Crippen LogP contribution in [0.1, 0.15) is 63.6 Å². The third-order valence-electron chi connectivity index (χ3n) is 7.26. The lowest BCUT2D eigenvalue weighted by Gasteiger charge is -2.42.